The summed E-state index contributed by atoms with van der Waals surface area (Å²) < 4.78 is 0. The van der Waals surface area contributed by atoms with Crippen LogP contribution in [0.5, 0.6) is 0 Å². The van der Waals surface area contributed by atoms with Crippen molar-refractivity contribution < 1.29 is 4.79 Å². The number of Topliss-reactive ketones (excluding diaryl/α,β-unsaturated/α-hetero) is 1. The summed E-state index contributed by atoms with van der Waals surface area (Å²) in [4.78, 5) is 17.0. The van der Waals surface area contributed by atoms with E-state index in [2.05, 4.69) is 18.8 Å². The van der Waals surface area contributed by atoms with Gasteiger partial charge in [0.2, 0.25) is 0 Å². The van der Waals surface area contributed by atoms with Gasteiger partial charge in [-0.3, -0.25) is 9.78 Å². The summed E-state index contributed by atoms with van der Waals surface area (Å²) in [5.74, 6) is 0.732. The molecule has 0 saturated carbocycles. The van der Waals surface area contributed by atoms with Gasteiger partial charge in [-0.05, 0) is 25.0 Å². The standard InChI is InChI=1S/C17H21NO/c1-4-13(5-2)11-17(19)15-10-12(3)18-16-9-7-6-8-14(15)16/h6-10,13H,4-5,11H2,1-3H3. The van der Waals surface area contributed by atoms with Gasteiger partial charge in [-0.1, -0.05) is 44.9 Å². The van der Waals surface area contributed by atoms with Crippen LogP contribution in [0.15, 0.2) is 30.3 Å². The molecule has 2 heteroatoms. The lowest BCUT2D eigenvalue weighted by Crippen LogP contribution is -2.08. The fraction of sp³-hybridized carbons (Fsp3) is 0.412. The van der Waals surface area contributed by atoms with Crippen molar-refractivity contribution in [2.75, 3.05) is 0 Å². The first kappa shape index (κ1) is 13.7. The number of para-hydroxylation sites is 1. The predicted molar refractivity (Wildman–Crippen MR) is 79.5 cm³/mol. The van der Waals surface area contributed by atoms with E-state index in [1.807, 2.05) is 37.3 Å². The lowest BCUT2D eigenvalue weighted by atomic mass is 9.92. The molecule has 100 valence electrons. The van der Waals surface area contributed by atoms with Crippen molar-refractivity contribution in [2.45, 2.75) is 40.0 Å². The van der Waals surface area contributed by atoms with Gasteiger partial charge in [-0.25, -0.2) is 0 Å². The molecule has 1 heterocycles. The zero-order valence-corrected chi connectivity index (χ0v) is 11.9. The minimum absolute atomic E-state index is 0.246. The lowest BCUT2D eigenvalue weighted by Gasteiger charge is -2.12. The van der Waals surface area contributed by atoms with Gasteiger partial charge >= 0.3 is 0 Å². The molecule has 0 bridgehead atoms. The van der Waals surface area contributed by atoms with Crippen LogP contribution in [-0.4, -0.2) is 10.8 Å². The maximum absolute atomic E-state index is 12.5. The summed E-state index contributed by atoms with van der Waals surface area (Å²) in [6, 6.07) is 9.81. The van der Waals surface area contributed by atoms with Crippen LogP contribution in [0.1, 0.15) is 49.2 Å². The van der Waals surface area contributed by atoms with Crippen molar-refractivity contribution in [1.82, 2.24) is 4.98 Å². The van der Waals surface area contributed by atoms with Gasteiger partial charge in [-0.15, -0.1) is 0 Å². The first-order valence-corrected chi connectivity index (χ1v) is 7.05. The zero-order chi connectivity index (χ0) is 13.8. The fourth-order valence-electron chi connectivity index (χ4n) is 2.49. The number of fused-ring (bicyclic) bond motifs is 1. The number of hydrogen-bond acceptors (Lipinski definition) is 2. The normalized spacial score (nSPS) is 11.2. The zero-order valence-electron chi connectivity index (χ0n) is 11.9. The second-order valence-electron chi connectivity index (χ2n) is 5.14. The van der Waals surface area contributed by atoms with E-state index in [4.69, 9.17) is 0 Å². The Labute approximate surface area is 114 Å². The van der Waals surface area contributed by atoms with E-state index in [0.29, 0.717) is 12.3 Å². The minimum Gasteiger partial charge on any atom is -0.294 e. The van der Waals surface area contributed by atoms with Crippen LogP contribution in [0, 0.1) is 12.8 Å². The van der Waals surface area contributed by atoms with Crippen molar-refractivity contribution in [3.8, 4) is 0 Å². The molecule has 0 aliphatic rings. The third kappa shape index (κ3) is 3.01. The van der Waals surface area contributed by atoms with Gasteiger partial charge in [0.15, 0.2) is 5.78 Å². The molecule has 19 heavy (non-hydrogen) atoms. The van der Waals surface area contributed by atoms with Crippen LogP contribution in [-0.2, 0) is 0 Å². The Morgan fingerprint density at radius 3 is 2.58 bits per heavy atom. The Bertz CT molecular complexity index is 585. The number of pyridine rings is 1. The topological polar surface area (TPSA) is 30.0 Å². The van der Waals surface area contributed by atoms with Crippen LogP contribution < -0.4 is 0 Å². The maximum atomic E-state index is 12.5. The average Bonchev–Trinajstić information content (AvgIpc) is 2.43. The van der Waals surface area contributed by atoms with Gasteiger partial charge in [0.1, 0.15) is 0 Å². The third-order valence-corrected chi connectivity index (χ3v) is 3.77. The maximum Gasteiger partial charge on any atom is 0.163 e. The first-order chi connectivity index (χ1) is 9.15. The number of hydrogen-bond donors (Lipinski definition) is 0. The third-order valence-electron chi connectivity index (χ3n) is 3.77. The second kappa shape index (κ2) is 5.96. The predicted octanol–water partition coefficient (Wildman–Crippen LogP) is 4.55. The van der Waals surface area contributed by atoms with Gasteiger partial charge in [0.05, 0.1) is 5.52 Å². The van der Waals surface area contributed by atoms with Gasteiger partial charge in [-0.2, -0.15) is 0 Å². The Morgan fingerprint density at radius 1 is 1.21 bits per heavy atom. The summed E-state index contributed by atoms with van der Waals surface area (Å²) in [5.41, 5.74) is 2.65. The van der Waals surface area contributed by atoms with Crippen LogP contribution in [0.25, 0.3) is 10.9 Å². The molecule has 0 amide bonds. The van der Waals surface area contributed by atoms with E-state index in [1.54, 1.807) is 0 Å². The molecule has 0 spiro atoms. The molecule has 1 aromatic heterocycles. The number of carbonyl (C=O) groups is 1. The highest BCUT2D eigenvalue weighted by molar-refractivity contribution is 6.07. The van der Waals surface area contributed by atoms with Crippen molar-refractivity contribution in [3.05, 3.63) is 41.6 Å². The molecule has 0 aliphatic carbocycles. The molecule has 1 aromatic carbocycles. The fourth-order valence-corrected chi connectivity index (χ4v) is 2.49. The quantitative estimate of drug-likeness (QED) is 0.733. The van der Waals surface area contributed by atoms with E-state index in [9.17, 15) is 4.79 Å². The number of aryl methyl sites for hydroxylation is 1. The molecule has 0 saturated heterocycles. The lowest BCUT2D eigenvalue weighted by molar-refractivity contribution is 0.0960. The number of aromatic nitrogens is 1. The van der Waals surface area contributed by atoms with Gasteiger partial charge in [0, 0.05) is 23.1 Å². The summed E-state index contributed by atoms with van der Waals surface area (Å²) >= 11 is 0. The van der Waals surface area contributed by atoms with Crippen LogP contribution >= 0.6 is 0 Å². The molecule has 2 aromatic rings. The van der Waals surface area contributed by atoms with Gasteiger partial charge in [0.25, 0.3) is 0 Å². The molecule has 0 atom stereocenters. The van der Waals surface area contributed by atoms with Crippen LogP contribution in [0.2, 0.25) is 0 Å². The summed E-state index contributed by atoms with van der Waals surface area (Å²) in [6.07, 6.45) is 2.76. The van der Waals surface area contributed by atoms with Crippen molar-refractivity contribution in [2.24, 2.45) is 5.92 Å². The summed E-state index contributed by atoms with van der Waals surface area (Å²) in [7, 11) is 0. The Kier molecular flexibility index (Phi) is 4.31. The van der Waals surface area contributed by atoms with E-state index in [0.717, 1.165) is 35.0 Å². The van der Waals surface area contributed by atoms with E-state index < -0.39 is 0 Å². The van der Waals surface area contributed by atoms with E-state index in [1.165, 1.54) is 0 Å². The van der Waals surface area contributed by atoms with Gasteiger partial charge < -0.3 is 0 Å². The highest BCUT2D eigenvalue weighted by Gasteiger charge is 2.15. The Morgan fingerprint density at radius 2 is 1.89 bits per heavy atom. The number of rotatable bonds is 5. The summed E-state index contributed by atoms with van der Waals surface area (Å²) in [6.45, 7) is 6.25. The number of ketones is 1. The van der Waals surface area contributed by atoms with Crippen LogP contribution in [0.4, 0.5) is 0 Å². The van der Waals surface area contributed by atoms with Crippen molar-refractivity contribution >= 4 is 16.7 Å². The SMILES string of the molecule is CCC(CC)CC(=O)c1cc(C)nc2ccccc12. The van der Waals surface area contributed by atoms with E-state index in [-0.39, 0.29) is 5.78 Å². The van der Waals surface area contributed by atoms with Crippen LogP contribution in [0.3, 0.4) is 0 Å². The summed E-state index contributed by atoms with van der Waals surface area (Å²) in [5, 5.41) is 0.976. The molecule has 2 rings (SSSR count). The molecule has 0 fully saturated rings. The molecular weight excluding hydrogens is 234 g/mol. The Balaban J connectivity index is 2.41. The van der Waals surface area contributed by atoms with E-state index >= 15 is 0 Å². The largest absolute Gasteiger partial charge is 0.294 e. The first-order valence-electron chi connectivity index (χ1n) is 7.05. The highest BCUT2D eigenvalue weighted by atomic mass is 16.1. The molecule has 0 unspecified atom stereocenters. The molecule has 0 N–H and O–H groups in total. The molecular formula is C17H21NO. The minimum atomic E-state index is 0.246. The monoisotopic (exact) mass is 255 g/mol. The number of benzene rings is 1. The molecule has 0 aliphatic heterocycles. The smallest absolute Gasteiger partial charge is 0.163 e. The highest BCUT2D eigenvalue weighted by Crippen LogP contribution is 2.23. The van der Waals surface area contributed by atoms with Crippen molar-refractivity contribution in [3.63, 3.8) is 0 Å². The Hall–Kier alpha value is -1.70. The number of carbonyl (C=O) groups excluding carboxylic acids is 1. The average molecular weight is 255 g/mol. The molecule has 2 nitrogen and oxygen atoms in total. The second-order valence-corrected chi connectivity index (χ2v) is 5.14. The number of nitrogens with zero attached hydrogens (tertiary/aromatic N) is 1. The molecule has 0 radical (unpaired) electrons. The van der Waals surface area contributed by atoms with Crippen molar-refractivity contribution in [1.29, 1.82) is 0 Å².